The maximum atomic E-state index is 14.4. The van der Waals surface area contributed by atoms with Crippen LogP contribution in [0.3, 0.4) is 0 Å². The third kappa shape index (κ3) is 3.86. The Morgan fingerprint density at radius 3 is 2.77 bits per heavy atom. The number of nitrogens with zero attached hydrogens (tertiary/aromatic N) is 4. The van der Waals surface area contributed by atoms with Crippen molar-refractivity contribution in [1.82, 2.24) is 19.5 Å². The van der Waals surface area contributed by atoms with Crippen LogP contribution in [0.2, 0.25) is 5.02 Å². The van der Waals surface area contributed by atoms with E-state index in [0.717, 1.165) is 14.6 Å². The largest absolute Gasteiger partial charge is 0.481 e. The number of carboxylic acids is 1. The topological polar surface area (TPSA) is 93.5 Å². The van der Waals surface area contributed by atoms with Crippen molar-refractivity contribution < 1.29 is 18.8 Å². The standard InChI is InChI=1S/C19H12Br2ClFN4O3/c1-8-11(20)6-12(21)18-24-15(7-27(8)18)19-25-17(26-30-19)10-5-14(23)9(4-13(10)22)2-3-16(28)29/h4-7H,2-3H2,1H3,(H,28,29). The Labute approximate surface area is 191 Å². The molecular formula is C19H12Br2ClFN4O3. The van der Waals surface area contributed by atoms with Crippen LogP contribution in [0.1, 0.15) is 17.7 Å². The van der Waals surface area contributed by atoms with Gasteiger partial charge in [0.15, 0.2) is 5.65 Å². The van der Waals surface area contributed by atoms with Crippen LogP contribution in [0, 0.1) is 12.7 Å². The van der Waals surface area contributed by atoms with Gasteiger partial charge in [0.05, 0.1) is 9.50 Å². The van der Waals surface area contributed by atoms with Gasteiger partial charge < -0.3 is 14.0 Å². The first kappa shape index (κ1) is 21.0. The average molecular weight is 559 g/mol. The number of hydrogen-bond acceptors (Lipinski definition) is 5. The van der Waals surface area contributed by atoms with Crippen LogP contribution in [-0.2, 0) is 11.2 Å². The molecule has 0 bridgehead atoms. The minimum absolute atomic E-state index is 0.0314. The highest BCUT2D eigenvalue weighted by molar-refractivity contribution is 9.11. The van der Waals surface area contributed by atoms with E-state index in [1.807, 2.05) is 17.4 Å². The number of imidazole rings is 1. The van der Waals surface area contributed by atoms with Gasteiger partial charge in [-0.25, -0.2) is 9.37 Å². The molecule has 0 amide bonds. The number of aryl methyl sites for hydroxylation is 2. The highest BCUT2D eigenvalue weighted by atomic mass is 79.9. The molecule has 0 radical (unpaired) electrons. The van der Waals surface area contributed by atoms with Crippen LogP contribution in [0.5, 0.6) is 0 Å². The third-order valence-electron chi connectivity index (χ3n) is 4.51. The summed E-state index contributed by atoms with van der Waals surface area (Å²) >= 11 is 13.2. The zero-order valence-corrected chi connectivity index (χ0v) is 19.2. The number of halogens is 4. The molecule has 1 aromatic carbocycles. The second kappa shape index (κ2) is 8.09. The minimum atomic E-state index is -1.02. The molecule has 0 saturated heterocycles. The van der Waals surface area contributed by atoms with Crippen LogP contribution < -0.4 is 0 Å². The first-order chi connectivity index (χ1) is 14.2. The van der Waals surface area contributed by atoms with Gasteiger partial charge in [0, 0.05) is 28.3 Å². The van der Waals surface area contributed by atoms with Crippen molar-refractivity contribution in [3.05, 3.63) is 55.4 Å². The van der Waals surface area contributed by atoms with Crippen LogP contribution in [0.4, 0.5) is 4.39 Å². The summed E-state index contributed by atoms with van der Waals surface area (Å²) in [5.41, 5.74) is 2.52. The number of pyridine rings is 1. The van der Waals surface area contributed by atoms with Crippen LogP contribution in [0.15, 0.2) is 37.9 Å². The Bertz CT molecular complexity index is 1300. The van der Waals surface area contributed by atoms with Crippen LogP contribution >= 0.6 is 43.5 Å². The zero-order chi connectivity index (χ0) is 21.6. The predicted molar refractivity (Wildman–Crippen MR) is 115 cm³/mol. The maximum absolute atomic E-state index is 14.4. The number of rotatable bonds is 5. The molecule has 0 spiro atoms. The van der Waals surface area contributed by atoms with Gasteiger partial charge in [0.25, 0.3) is 5.89 Å². The number of hydrogen-bond donors (Lipinski definition) is 1. The fourth-order valence-electron chi connectivity index (χ4n) is 2.93. The smallest absolute Gasteiger partial charge is 0.303 e. The van der Waals surface area contributed by atoms with Gasteiger partial charge in [-0.2, -0.15) is 4.98 Å². The van der Waals surface area contributed by atoms with Gasteiger partial charge in [-0.15, -0.1) is 0 Å². The number of benzene rings is 1. The zero-order valence-electron chi connectivity index (χ0n) is 15.3. The van der Waals surface area contributed by atoms with Crippen molar-refractivity contribution in [3.63, 3.8) is 0 Å². The van der Waals surface area contributed by atoms with Crippen LogP contribution in [0.25, 0.3) is 28.6 Å². The van der Waals surface area contributed by atoms with Crippen molar-refractivity contribution in [2.24, 2.45) is 0 Å². The van der Waals surface area contributed by atoms with Crippen molar-refractivity contribution in [2.75, 3.05) is 0 Å². The molecule has 0 aliphatic carbocycles. The summed E-state index contributed by atoms with van der Waals surface area (Å²) < 4.78 is 23.3. The monoisotopic (exact) mass is 556 g/mol. The Kier molecular flexibility index (Phi) is 5.65. The molecule has 0 unspecified atom stereocenters. The normalized spacial score (nSPS) is 11.4. The maximum Gasteiger partial charge on any atom is 0.303 e. The van der Waals surface area contributed by atoms with E-state index in [1.165, 1.54) is 12.1 Å². The van der Waals surface area contributed by atoms with E-state index in [0.29, 0.717) is 11.3 Å². The second-order valence-electron chi connectivity index (χ2n) is 6.49. The highest BCUT2D eigenvalue weighted by Gasteiger charge is 2.19. The van der Waals surface area contributed by atoms with Gasteiger partial charge in [-0.05, 0) is 69.0 Å². The minimum Gasteiger partial charge on any atom is -0.481 e. The lowest BCUT2D eigenvalue weighted by atomic mass is 10.1. The highest BCUT2D eigenvalue weighted by Crippen LogP contribution is 2.32. The van der Waals surface area contributed by atoms with E-state index in [1.54, 1.807) is 6.20 Å². The summed E-state index contributed by atoms with van der Waals surface area (Å²) in [6, 6.07) is 4.46. The molecule has 154 valence electrons. The van der Waals surface area contributed by atoms with E-state index in [-0.39, 0.29) is 40.7 Å². The molecule has 0 atom stereocenters. The molecule has 30 heavy (non-hydrogen) atoms. The lowest BCUT2D eigenvalue weighted by Gasteiger charge is -2.05. The Hall–Kier alpha value is -2.30. The average Bonchev–Trinajstić information content (AvgIpc) is 3.34. The molecule has 1 N–H and O–H groups in total. The molecule has 7 nitrogen and oxygen atoms in total. The molecule has 0 aliphatic heterocycles. The Morgan fingerprint density at radius 1 is 1.27 bits per heavy atom. The summed E-state index contributed by atoms with van der Waals surface area (Å²) in [6.45, 7) is 1.93. The molecule has 3 heterocycles. The SMILES string of the molecule is Cc1c(Br)cc(Br)c2nc(-c3nc(-c4cc(F)c(CCC(=O)O)cc4Cl)no3)cn12. The molecule has 11 heteroatoms. The molecule has 4 aromatic rings. The van der Waals surface area contributed by atoms with Gasteiger partial charge >= 0.3 is 5.97 Å². The summed E-state index contributed by atoms with van der Waals surface area (Å²) in [5, 5.41) is 12.9. The molecule has 0 aliphatic rings. The first-order valence-electron chi connectivity index (χ1n) is 8.62. The number of fused-ring (bicyclic) bond motifs is 1. The number of aromatic nitrogens is 4. The van der Waals surface area contributed by atoms with E-state index < -0.39 is 11.8 Å². The molecular weight excluding hydrogens is 546 g/mol. The van der Waals surface area contributed by atoms with Crippen molar-refractivity contribution in [3.8, 4) is 23.0 Å². The fourth-order valence-corrected chi connectivity index (χ4v) is 4.44. The summed E-state index contributed by atoms with van der Waals surface area (Å²) in [7, 11) is 0. The lowest BCUT2D eigenvalue weighted by Crippen LogP contribution is -2.00. The predicted octanol–water partition coefficient (Wildman–Crippen LogP) is 5.69. The van der Waals surface area contributed by atoms with Gasteiger partial charge in [0.1, 0.15) is 11.5 Å². The summed E-state index contributed by atoms with van der Waals surface area (Å²) in [4.78, 5) is 19.5. The van der Waals surface area contributed by atoms with Gasteiger partial charge in [-0.1, -0.05) is 16.8 Å². The van der Waals surface area contributed by atoms with Crippen molar-refractivity contribution in [2.45, 2.75) is 19.8 Å². The number of carbonyl (C=O) groups is 1. The Balaban J connectivity index is 1.70. The fraction of sp³-hybridized carbons (Fsp3) is 0.158. The quantitative estimate of drug-likeness (QED) is 0.338. The van der Waals surface area contributed by atoms with E-state index in [2.05, 4.69) is 47.0 Å². The number of carboxylic acid groups (broad SMARTS) is 1. The third-order valence-corrected chi connectivity index (χ3v) is 6.21. The first-order valence-corrected chi connectivity index (χ1v) is 10.6. The van der Waals surface area contributed by atoms with Gasteiger partial charge in [0.2, 0.25) is 5.82 Å². The molecule has 4 rings (SSSR count). The van der Waals surface area contributed by atoms with E-state index in [9.17, 15) is 9.18 Å². The number of aliphatic carboxylic acids is 1. The summed E-state index contributed by atoms with van der Waals surface area (Å²) in [6.07, 6.45) is 1.59. The van der Waals surface area contributed by atoms with Crippen LogP contribution in [-0.4, -0.2) is 30.6 Å². The van der Waals surface area contributed by atoms with E-state index >= 15 is 0 Å². The molecule has 3 aromatic heterocycles. The second-order valence-corrected chi connectivity index (χ2v) is 8.60. The molecule has 0 saturated carbocycles. The van der Waals surface area contributed by atoms with Crippen molar-refractivity contribution in [1.29, 1.82) is 0 Å². The van der Waals surface area contributed by atoms with E-state index in [4.69, 9.17) is 21.2 Å². The van der Waals surface area contributed by atoms with Gasteiger partial charge in [-0.3, -0.25) is 4.79 Å². The summed E-state index contributed by atoms with van der Waals surface area (Å²) in [5.74, 6) is -1.34. The van der Waals surface area contributed by atoms with Crippen molar-refractivity contribution >= 4 is 55.1 Å². The Morgan fingerprint density at radius 2 is 2.03 bits per heavy atom. The molecule has 0 fully saturated rings. The lowest BCUT2D eigenvalue weighted by molar-refractivity contribution is -0.136.